The molecule has 0 saturated carbocycles. The molecule has 1 heterocycles. The van der Waals surface area contributed by atoms with Gasteiger partial charge in [-0.05, 0) is 22.3 Å². The summed E-state index contributed by atoms with van der Waals surface area (Å²) in [4.78, 5) is 0. The molecule has 0 amide bonds. The van der Waals surface area contributed by atoms with Gasteiger partial charge in [0.1, 0.15) is 24.9 Å². The molecule has 6 nitrogen and oxygen atoms in total. The number of rotatable bonds is 13. The summed E-state index contributed by atoms with van der Waals surface area (Å²) < 4.78 is 31.3. The monoisotopic (exact) mass is 540 g/mol. The van der Waals surface area contributed by atoms with Crippen molar-refractivity contribution in [3.05, 3.63) is 144 Å². The Balaban J connectivity index is 1.36. The molecule has 1 unspecified atom stereocenters. The Morgan fingerprint density at radius 3 is 1.50 bits per heavy atom. The maximum absolute atomic E-state index is 11.8. The second kappa shape index (κ2) is 14.3. The van der Waals surface area contributed by atoms with Crippen LogP contribution >= 0.6 is 0 Å². The molecular formula is C34H36O6. The summed E-state index contributed by atoms with van der Waals surface area (Å²) in [5.41, 5.74) is 4.04. The molecule has 6 heteroatoms. The van der Waals surface area contributed by atoms with Crippen molar-refractivity contribution in [3.63, 3.8) is 0 Å². The van der Waals surface area contributed by atoms with E-state index in [1.54, 1.807) is 0 Å². The third-order valence-corrected chi connectivity index (χ3v) is 6.89. The van der Waals surface area contributed by atoms with Crippen molar-refractivity contribution in [2.75, 3.05) is 13.2 Å². The molecule has 1 aliphatic heterocycles. The molecule has 0 bridgehead atoms. The predicted molar refractivity (Wildman–Crippen MR) is 152 cm³/mol. The molecule has 4 aromatic carbocycles. The molecule has 1 fully saturated rings. The molecule has 0 aromatic heterocycles. The quantitative estimate of drug-likeness (QED) is 0.236. The fourth-order valence-electron chi connectivity index (χ4n) is 4.74. The molecule has 208 valence electrons. The Labute approximate surface area is 236 Å². The summed E-state index contributed by atoms with van der Waals surface area (Å²) in [6, 6.07) is 39.6. The lowest BCUT2D eigenvalue weighted by Crippen LogP contribution is -2.64. The first-order chi connectivity index (χ1) is 19.7. The van der Waals surface area contributed by atoms with Gasteiger partial charge >= 0.3 is 0 Å². The zero-order valence-electron chi connectivity index (χ0n) is 22.5. The minimum Gasteiger partial charge on any atom is -0.371 e. The molecule has 5 rings (SSSR count). The summed E-state index contributed by atoms with van der Waals surface area (Å²) in [5, 5.41) is 11.8. The minimum absolute atomic E-state index is 0.0854. The van der Waals surface area contributed by atoms with Crippen LogP contribution < -0.4 is 0 Å². The number of aliphatic hydroxyl groups is 1. The first-order valence-corrected chi connectivity index (χ1v) is 13.6. The third kappa shape index (κ3) is 7.86. The second-order valence-electron chi connectivity index (χ2n) is 9.95. The van der Waals surface area contributed by atoms with Gasteiger partial charge in [-0.2, -0.15) is 0 Å². The molecular weight excluding hydrogens is 504 g/mol. The van der Waals surface area contributed by atoms with Crippen LogP contribution in [0.3, 0.4) is 0 Å². The van der Waals surface area contributed by atoms with Gasteiger partial charge in [-0.1, -0.05) is 121 Å². The van der Waals surface area contributed by atoms with E-state index in [9.17, 15) is 5.11 Å². The topological polar surface area (TPSA) is 66.4 Å². The summed E-state index contributed by atoms with van der Waals surface area (Å²) in [5.74, 6) is -1.74. The van der Waals surface area contributed by atoms with E-state index in [0.717, 1.165) is 22.3 Å². The van der Waals surface area contributed by atoms with Gasteiger partial charge in [0.25, 0.3) is 0 Å². The molecule has 1 N–H and O–H groups in total. The third-order valence-electron chi connectivity index (χ3n) is 6.89. The van der Waals surface area contributed by atoms with Crippen LogP contribution in [-0.4, -0.2) is 42.4 Å². The zero-order valence-corrected chi connectivity index (χ0v) is 22.5. The van der Waals surface area contributed by atoms with Crippen LogP contribution in [0.1, 0.15) is 22.3 Å². The van der Waals surface area contributed by atoms with Crippen molar-refractivity contribution >= 4 is 0 Å². The number of ether oxygens (including phenoxy) is 5. The summed E-state index contributed by atoms with van der Waals surface area (Å²) in [7, 11) is 0. The molecule has 4 atom stereocenters. The summed E-state index contributed by atoms with van der Waals surface area (Å²) in [6.45, 7) is 1.37. The molecule has 0 spiro atoms. The van der Waals surface area contributed by atoms with Crippen LogP contribution in [0.15, 0.2) is 121 Å². The molecule has 1 saturated heterocycles. The van der Waals surface area contributed by atoms with E-state index in [-0.39, 0.29) is 19.8 Å². The molecule has 4 aromatic rings. The lowest BCUT2D eigenvalue weighted by atomic mass is 9.96. The Hall–Kier alpha value is -3.36. The van der Waals surface area contributed by atoms with E-state index in [0.29, 0.717) is 19.8 Å². The van der Waals surface area contributed by atoms with E-state index in [4.69, 9.17) is 23.7 Å². The van der Waals surface area contributed by atoms with Crippen LogP contribution in [0, 0.1) is 0 Å². The smallest absolute Gasteiger partial charge is 0.219 e. The average molecular weight is 541 g/mol. The van der Waals surface area contributed by atoms with E-state index in [1.165, 1.54) is 0 Å². The van der Waals surface area contributed by atoms with Crippen LogP contribution in [0.4, 0.5) is 0 Å². The highest BCUT2D eigenvalue weighted by atomic mass is 16.7. The largest absolute Gasteiger partial charge is 0.371 e. The minimum atomic E-state index is -1.74. The molecule has 40 heavy (non-hydrogen) atoms. The summed E-state index contributed by atoms with van der Waals surface area (Å²) >= 11 is 0. The Morgan fingerprint density at radius 2 is 1.00 bits per heavy atom. The second-order valence-corrected chi connectivity index (χ2v) is 9.95. The molecule has 1 aliphatic rings. The van der Waals surface area contributed by atoms with Crippen molar-refractivity contribution in [1.82, 2.24) is 0 Å². The lowest BCUT2D eigenvalue weighted by molar-refractivity contribution is -0.356. The maximum Gasteiger partial charge on any atom is 0.219 e. The maximum atomic E-state index is 11.8. The van der Waals surface area contributed by atoms with Gasteiger partial charge < -0.3 is 28.8 Å². The molecule has 0 radical (unpaired) electrons. The van der Waals surface area contributed by atoms with E-state index >= 15 is 0 Å². The highest BCUT2D eigenvalue weighted by Gasteiger charge is 2.52. The van der Waals surface area contributed by atoms with Crippen LogP contribution in [0.25, 0.3) is 0 Å². The van der Waals surface area contributed by atoms with Crippen LogP contribution in [0.2, 0.25) is 0 Å². The van der Waals surface area contributed by atoms with Gasteiger partial charge in [-0.3, -0.25) is 0 Å². The fraction of sp³-hybridized carbons (Fsp3) is 0.294. The number of benzene rings is 4. The Kier molecular flexibility index (Phi) is 10.1. The van der Waals surface area contributed by atoms with Crippen molar-refractivity contribution in [2.24, 2.45) is 0 Å². The van der Waals surface area contributed by atoms with Gasteiger partial charge in [-0.25, -0.2) is 0 Å². The van der Waals surface area contributed by atoms with E-state index in [1.807, 2.05) is 121 Å². The van der Waals surface area contributed by atoms with Crippen molar-refractivity contribution in [2.45, 2.75) is 50.5 Å². The van der Waals surface area contributed by atoms with Gasteiger partial charge in [0.05, 0.1) is 33.0 Å². The highest BCUT2D eigenvalue weighted by molar-refractivity contribution is 5.16. The average Bonchev–Trinajstić information content (AvgIpc) is 3.01. The van der Waals surface area contributed by atoms with E-state index in [2.05, 4.69) is 0 Å². The SMILES string of the molecule is OC1(COCc2ccccc2)OC[C@@H](OCc2ccccc2)[C@@H](OCc2ccccc2)[C@@H]1OCc1ccccc1. The van der Waals surface area contributed by atoms with Crippen molar-refractivity contribution in [1.29, 1.82) is 0 Å². The van der Waals surface area contributed by atoms with Gasteiger partial charge in [0.2, 0.25) is 5.79 Å². The number of hydrogen-bond donors (Lipinski definition) is 1. The van der Waals surface area contributed by atoms with Gasteiger partial charge in [-0.15, -0.1) is 0 Å². The Morgan fingerprint density at radius 1 is 0.575 bits per heavy atom. The first kappa shape index (κ1) is 28.2. The fourth-order valence-corrected chi connectivity index (χ4v) is 4.74. The molecule has 0 aliphatic carbocycles. The first-order valence-electron chi connectivity index (χ1n) is 13.6. The Bertz CT molecular complexity index is 1250. The van der Waals surface area contributed by atoms with Crippen LogP contribution in [0.5, 0.6) is 0 Å². The van der Waals surface area contributed by atoms with Crippen molar-refractivity contribution in [3.8, 4) is 0 Å². The highest BCUT2D eigenvalue weighted by Crippen LogP contribution is 2.32. The van der Waals surface area contributed by atoms with E-state index < -0.39 is 24.1 Å². The van der Waals surface area contributed by atoms with Crippen LogP contribution in [-0.2, 0) is 50.1 Å². The van der Waals surface area contributed by atoms with Gasteiger partial charge in [0, 0.05) is 0 Å². The predicted octanol–water partition coefficient (Wildman–Crippen LogP) is 5.68. The zero-order chi connectivity index (χ0) is 27.5. The summed E-state index contributed by atoms with van der Waals surface area (Å²) in [6.07, 6.45) is -1.97. The van der Waals surface area contributed by atoms with Gasteiger partial charge in [0.15, 0.2) is 0 Å². The van der Waals surface area contributed by atoms with Crippen molar-refractivity contribution < 1.29 is 28.8 Å². The normalized spacial score (nSPS) is 22.7. The standard InChI is InChI=1S/C34H36O6/c35-34(26-36-21-27-13-5-1-6-14-27)33(39-24-30-19-11-4-12-20-30)32(38-23-29-17-9-3-10-18-29)31(25-40-34)37-22-28-15-7-2-8-16-28/h1-20,31-33,35H,21-26H2/t31-,32-,33+,34?/m1/s1. The number of hydrogen-bond acceptors (Lipinski definition) is 6. The lowest BCUT2D eigenvalue weighted by Gasteiger charge is -2.46.